The van der Waals surface area contributed by atoms with Crippen LogP contribution in [0.4, 0.5) is 13.2 Å². The quantitative estimate of drug-likeness (QED) is 0.551. The number of likely N-dealkylation sites (tertiary alicyclic amines) is 1. The van der Waals surface area contributed by atoms with Crippen molar-refractivity contribution in [1.82, 2.24) is 4.90 Å². The second kappa shape index (κ2) is 6.95. The van der Waals surface area contributed by atoms with Crippen molar-refractivity contribution in [2.75, 3.05) is 31.6 Å². The van der Waals surface area contributed by atoms with Crippen molar-refractivity contribution in [3.05, 3.63) is 0 Å². The summed E-state index contributed by atoms with van der Waals surface area (Å²) >= 11 is 3.48. The average molecular weight is 318 g/mol. The minimum absolute atomic E-state index is 0.180. The third kappa shape index (κ3) is 5.57. The molecule has 0 bridgehead atoms. The summed E-state index contributed by atoms with van der Waals surface area (Å²) in [7, 11) is 0. The molecular formula is C11H19BrF3NO. The van der Waals surface area contributed by atoms with Gasteiger partial charge in [-0.2, -0.15) is 13.2 Å². The lowest BCUT2D eigenvalue weighted by atomic mass is 10.1. The maximum Gasteiger partial charge on any atom is 0.411 e. The molecule has 0 aromatic heterocycles. The predicted molar refractivity (Wildman–Crippen MR) is 64.4 cm³/mol. The van der Waals surface area contributed by atoms with E-state index in [9.17, 15) is 13.2 Å². The van der Waals surface area contributed by atoms with E-state index in [0.717, 1.165) is 18.4 Å². The van der Waals surface area contributed by atoms with E-state index >= 15 is 0 Å². The van der Waals surface area contributed by atoms with Crippen LogP contribution in [-0.4, -0.2) is 48.8 Å². The van der Waals surface area contributed by atoms with Gasteiger partial charge < -0.3 is 4.74 Å². The van der Waals surface area contributed by atoms with Crippen LogP contribution in [0.2, 0.25) is 0 Å². The number of halogens is 4. The van der Waals surface area contributed by atoms with Crippen molar-refractivity contribution in [2.45, 2.75) is 32.0 Å². The number of rotatable bonds is 6. The molecule has 6 heteroatoms. The first kappa shape index (κ1) is 15.2. The third-order valence-corrected chi connectivity index (χ3v) is 3.82. The fourth-order valence-corrected chi connectivity index (χ4v) is 3.22. The molecule has 1 fully saturated rings. The Hall–Kier alpha value is 0.190. The highest BCUT2D eigenvalue weighted by Gasteiger charge is 2.30. The van der Waals surface area contributed by atoms with Gasteiger partial charge in [0.1, 0.15) is 6.61 Å². The molecule has 2 unspecified atom stereocenters. The van der Waals surface area contributed by atoms with Crippen LogP contribution in [0.25, 0.3) is 0 Å². The van der Waals surface area contributed by atoms with Crippen molar-refractivity contribution in [3.8, 4) is 0 Å². The van der Waals surface area contributed by atoms with Gasteiger partial charge in [0, 0.05) is 24.5 Å². The second-order valence-corrected chi connectivity index (χ2v) is 5.19. The summed E-state index contributed by atoms with van der Waals surface area (Å²) in [5, 5.41) is 0.928. The predicted octanol–water partition coefficient (Wildman–Crippen LogP) is 3.06. The number of hydrogen-bond acceptors (Lipinski definition) is 2. The van der Waals surface area contributed by atoms with Crippen LogP contribution in [0, 0.1) is 5.92 Å². The first-order chi connectivity index (χ1) is 7.94. The molecule has 0 aromatic carbocycles. The molecule has 1 aliphatic rings. The third-order valence-electron chi connectivity index (χ3n) is 3.16. The van der Waals surface area contributed by atoms with E-state index in [1.807, 2.05) is 0 Å². The van der Waals surface area contributed by atoms with Crippen LogP contribution in [0.1, 0.15) is 19.8 Å². The van der Waals surface area contributed by atoms with Crippen molar-refractivity contribution >= 4 is 15.9 Å². The van der Waals surface area contributed by atoms with Crippen LogP contribution in [0.3, 0.4) is 0 Å². The summed E-state index contributed by atoms with van der Waals surface area (Å²) in [4.78, 5) is 2.33. The molecule has 1 rings (SSSR count). The van der Waals surface area contributed by atoms with Crippen LogP contribution < -0.4 is 0 Å². The van der Waals surface area contributed by atoms with E-state index in [4.69, 9.17) is 0 Å². The molecule has 0 N–H and O–H groups in total. The number of nitrogens with zero attached hydrogens (tertiary/aromatic N) is 1. The Morgan fingerprint density at radius 2 is 2.12 bits per heavy atom. The van der Waals surface area contributed by atoms with Gasteiger partial charge in [-0.25, -0.2) is 0 Å². The van der Waals surface area contributed by atoms with E-state index < -0.39 is 12.8 Å². The maximum absolute atomic E-state index is 11.8. The van der Waals surface area contributed by atoms with Crippen molar-refractivity contribution in [2.24, 2.45) is 5.92 Å². The molecule has 0 aromatic rings. The standard InChI is InChI=1S/C11H19BrF3NO/c1-9-3-5-16(10(9)7-12)4-2-6-17-8-11(13,14)15/h9-10H,2-8H2,1H3. The minimum atomic E-state index is -4.21. The van der Waals surface area contributed by atoms with Crippen LogP contribution >= 0.6 is 15.9 Å². The molecular weight excluding hydrogens is 299 g/mol. The highest BCUT2D eigenvalue weighted by Crippen LogP contribution is 2.25. The molecule has 1 aliphatic heterocycles. The fourth-order valence-electron chi connectivity index (χ4n) is 2.17. The van der Waals surface area contributed by atoms with Crippen LogP contribution in [0.5, 0.6) is 0 Å². The lowest BCUT2D eigenvalue weighted by Crippen LogP contribution is -2.34. The molecule has 0 aliphatic carbocycles. The normalized spacial score (nSPS) is 26.6. The van der Waals surface area contributed by atoms with Gasteiger partial charge in [0.15, 0.2) is 0 Å². The first-order valence-corrected chi connectivity index (χ1v) is 7.00. The molecule has 17 heavy (non-hydrogen) atoms. The molecule has 0 spiro atoms. The SMILES string of the molecule is CC1CCN(CCCOCC(F)(F)F)C1CBr. The second-order valence-electron chi connectivity index (χ2n) is 4.54. The summed E-state index contributed by atoms with van der Waals surface area (Å²) in [6.45, 7) is 3.12. The highest BCUT2D eigenvalue weighted by molar-refractivity contribution is 9.09. The van der Waals surface area contributed by atoms with Crippen molar-refractivity contribution < 1.29 is 17.9 Å². The Balaban J connectivity index is 2.11. The van der Waals surface area contributed by atoms with Crippen molar-refractivity contribution in [1.29, 1.82) is 0 Å². The van der Waals surface area contributed by atoms with Gasteiger partial charge in [-0.15, -0.1) is 0 Å². The summed E-state index contributed by atoms with van der Waals surface area (Å²) in [6, 6.07) is 0.512. The summed E-state index contributed by atoms with van der Waals surface area (Å²) in [5.41, 5.74) is 0. The van der Waals surface area contributed by atoms with E-state index in [2.05, 4.69) is 32.5 Å². The topological polar surface area (TPSA) is 12.5 Å². The Morgan fingerprint density at radius 1 is 1.41 bits per heavy atom. The molecule has 1 heterocycles. The minimum Gasteiger partial charge on any atom is -0.372 e. The van der Waals surface area contributed by atoms with E-state index in [0.29, 0.717) is 18.4 Å². The summed E-state index contributed by atoms with van der Waals surface area (Å²) in [6.07, 6.45) is -2.38. The summed E-state index contributed by atoms with van der Waals surface area (Å²) < 4.78 is 40.0. The Morgan fingerprint density at radius 3 is 2.71 bits per heavy atom. The lowest BCUT2D eigenvalue weighted by molar-refractivity contribution is -0.174. The van der Waals surface area contributed by atoms with Gasteiger partial charge in [0.05, 0.1) is 0 Å². The monoisotopic (exact) mass is 317 g/mol. The molecule has 2 nitrogen and oxygen atoms in total. The smallest absolute Gasteiger partial charge is 0.372 e. The van der Waals surface area contributed by atoms with Gasteiger partial charge in [0.2, 0.25) is 0 Å². The molecule has 0 saturated carbocycles. The molecule has 0 amide bonds. The fraction of sp³-hybridized carbons (Fsp3) is 1.00. The van der Waals surface area contributed by atoms with Gasteiger partial charge in [0.25, 0.3) is 0 Å². The van der Waals surface area contributed by atoms with Gasteiger partial charge in [-0.3, -0.25) is 4.90 Å². The Labute approximate surface area is 109 Å². The summed E-state index contributed by atoms with van der Waals surface area (Å²) in [5.74, 6) is 0.658. The average Bonchev–Trinajstić information content (AvgIpc) is 2.57. The van der Waals surface area contributed by atoms with Crippen LogP contribution in [0.15, 0.2) is 0 Å². The Kier molecular flexibility index (Phi) is 6.23. The zero-order valence-electron chi connectivity index (χ0n) is 9.97. The zero-order valence-corrected chi connectivity index (χ0v) is 11.6. The number of hydrogen-bond donors (Lipinski definition) is 0. The largest absolute Gasteiger partial charge is 0.411 e. The molecule has 102 valence electrons. The number of alkyl halides is 4. The van der Waals surface area contributed by atoms with Crippen LogP contribution in [-0.2, 0) is 4.74 Å². The van der Waals surface area contributed by atoms with E-state index in [1.54, 1.807) is 0 Å². The Bertz CT molecular complexity index is 225. The highest BCUT2D eigenvalue weighted by atomic mass is 79.9. The molecule has 1 saturated heterocycles. The zero-order chi connectivity index (χ0) is 12.9. The van der Waals surface area contributed by atoms with Crippen molar-refractivity contribution in [3.63, 3.8) is 0 Å². The molecule has 0 radical (unpaired) electrons. The maximum atomic E-state index is 11.8. The number of ether oxygens (including phenoxy) is 1. The van der Waals surface area contributed by atoms with Gasteiger partial charge >= 0.3 is 6.18 Å². The van der Waals surface area contributed by atoms with Gasteiger partial charge in [-0.1, -0.05) is 22.9 Å². The van der Waals surface area contributed by atoms with E-state index in [1.165, 1.54) is 6.42 Å². The molecule has 2 atom stereocenters. The van der Waals surface area contributed by atoms with E-state index in [-0.39, 0.29) is 6.61 Å². The first-order valence-electron chi connectivity index (χ1n) is 5.88. The van der Waals surface area contributed by atoms with Gasteiger partial charge in [-0.05, 0) is 25.3 Å². The lowest BCUT2D eigenvalue weighted by Gasteiger charge is -2.24.